The van der Waals surface area contributed by atoms with E-state index in [4.69, 9.17) is 4.74 Å². The predicted molar refractivity (Wildman–Crippen MR) is 119 cm³/mol. The fraction of sp³-hybridized carbons (Fsp3) is 0.238. The standard InChI is InChI=1S/C21H20F2N6O3S/c1-12(30)11-33-13-4-5-17(32-21(22)23)14(8-13)18-16(10-28(2)27-18)26-20(31)15-9-25-29-7-3-6-24-19(15)29/h3-10,12,21,30H,11H2,1-2H3,(H,26,31)/t12-/m1/s1. The van der Waals surface area contributed by atoms with Crippen LogP contribution in [0, 0.1) is 0 Å². The van der Waals surface area contributed by atoms with E-state index in [0.717, 1.165) is 4.90 Å². The second-order valence-corrected chi connectivity index (χ2v) is 8.26. The number of aryl methyl sites for hydroxylation is 1. The van der Waals surface area contributed by atoms with Crippen molar-refractivity contribution in [1.29, 1.82) is 0 Å². The number of hydrogen-bond donors (Lipinski definition) is 2. The van der Waals surface area contributed by atoms with E-state index in [1.54, 1.807) is 50.8 Å². The van der Waals surface area contributed by atoms with Gasteiger partial charge in [0.1, 0.15) is 17.0 Å². The molecule has 2 N–H and O–H groups in total. The Bertz CT molecular complexity index is 1290. The SMILES string of the molecule is C[C@@H](O)CSc1ccc(OC(F)F)c(-c2nn(C)cc2NC(=O)c2cnn3cccnc23)c1. The lowest BCUT2D eigenvalue weighted by atomic mass is 10.1. The van der Waals surface area contributed by atoms with Crippen molar-refractivity contribution in [2.24, 2.45) is 7.05 Å². The van der Waals surface area contributed by atoms with Crippen LogP contribution in [0.4, 0.5) is 14.5 Å². The van der Waals surface area contributed by atoms with Gasteiger partial charge >= 0.3 is 6.61 Å². The van der Waals surface area contributed by atoms with Crippen LogP contribution < -0.4 is 10.1 Å². The maximum Gasteiger partial charge on any atom is 0.387 e. The number of carbonyl (C=O) groups excluding carboxylic acids is 1. The van der Waals surface area contributed by atoms with Gasteiger partial charge in [0.15, 0.2) is 5.65 Å². The largest absolute Gasteiger partial charge is 0.434 e. The minimum absolute atomic E-state index is 0.0850. The molecule has 0 saturated carbocycles. The highest BCUT2D eigenvalue weighted by Gasteiger charge is 2.21. The number of halogens is 2. The molecule has 4 rings (SSSR count). The number of anilines is 1. The third-order valence-corrected chi connectivity index (χ3v) is 5.75. The second kappa shape index (κ2) is 9.55. The molecular formula is C21H20F2N6O3S. The number of aliphatic hydroxyl groups excluding tert-OH is 1. The zero-order chi connectivity index (χ0) is 23.5. The summed E-state index contributed by atoms with van der Waals surface area (Å²) in [7, 11) is 1.65. The van der Waals surface area contributed by atoms with Gasteiger partial charge in [-0.1, -0.05) is 0 Å². The lowest BCUT2D eigenvalue weighted by molar-refractivity contribution is -0.0494. The molecule has 3 aromatic heterocycles. The predicted octanol–water partition coefficient (Wildman–Crippen LogP) is 3.46. The molecule has 0 unspecified atom stereocenters. The Morgan fingerprint density at radius 3 is 2.94 bits per heavy atom. The molecule has 0 bridgehead atoms. The van der Waals surface area contributed by atoms with Crippen LogP contribution in [-0.2, 0) is 7.05 Å². The highest BCUT2D eigenvalue weighted by Crippen LogP contribution is 2.38. The Balaban J connectivity index is 1.71. The monoisotopic (exact) mass is 474 g/mol. The summed E-state index contributed by atoms with van der Waals surface area (Å²) >= 11 is 1.36. The number of alkyl halides is 2. The van der Waals surface area contributed by atoms with E-state index in [-0.39, 0.29) is 22.6 Å². The highest BCUT2D eigenvalue weighted by atomic mass is 32.2. The van der Waals surface area contributed by atoms with E-state index in [2.05, 4.69) is 20.5 Å². The first-order valence-corrected chi connectivity index (χ1v) is 10.8. The summed E-state index contributed by atoms with van der Waals surface area (Å²) in [5, 5.41) is 20.8. The van der Waals surface area contributed by atoms with E-state index in [9.17, 15) is 18.7 Å². The molecule has 0 aliphatic heterocycles. The molecule has 12 heteroatoms. The number of ether oxygens (including phenoxy) is 1. The molecular weight excluding hydrogens is 454 g/mol. The highest BCUT2D eigenvalue weighted by molar-refractivity contribution is 7.99. The number of amides is 1. The number of hydrogen-bond acceptors (Lipinski definition) is 7. The quantitative estimate of drug-likeness (QED) is 0.377. The number of nitrogens with one attached hydrogen (secondary N) is 1. The minimum atomic E-state index is -3.04. The number of carbonyl (C=O) groups is 1. The molecule has 1 atom stereocenters. The van der Waals surface area contributed by atoms with Crippen molar-refractivity contribution in [3.05, 3.63) is 54.6 Å². The van der Waals surface area contributed by atoms with Crippen molar-refractivity contribution in [2.75, 3.05) is 11.1 Å². The maximum atomic E-state index is 13.0. The van der Waals surface area contributed by atoms with Crippen molar-refractivity contribution in [3.8, 4) is 17.0 Å². The first kappa shape index (κ1) is 22.7. The van der Waals surface area contributed by atoms with Gasteiger partial charge in [-0.15, -0.1) is 11.8 Å². The molecule has 4 aromatic rings. The third-order valence-electron chi connectivity index (χ3n) is 4.51. The van der Waals surface area contributed by atoms with Crippen LogP contribution in [0.5, 0.6) is 5.75 Å². The van der Waals surface area contributed by atoms with Gasteiger partial charge < -0.3 is 15.2 Å². The Kier molecular flexibility index (Phi) is 6.56. The Labute approximate surface area is 191 Å². The summed E-state index contributed by atoms with van der Waals surface area (Å²) in [5.74, 6) is -0.144. The summed E-state index contributed by atoms with van der Waals surface area (Å²) in [6, 6.07) is 6.37. The summed E-state index contributed by atoms with van der Waals surface area (Å²) in [6.45, 7) is -1.38. The molecule has 3 heterocycles. The Morgan fingerprint density at radius 2 is 2.18 bits per heavy atom. The fourth-order valence-electron chi connectivity index (χ4n) is 3.16. The summed E-state index contributed by atoms with van der Waals surface area (Å²) in [4.78, 5) is 17.9. The van der Waals surface area contributed by atoms with Crippen LogP contribution in [-0.4, -0.2) is 53.9 Å². The smallest absolute Gasteiger partial charge is 0.387 e. The van der Waals surface area contributed by atoms with Crippen molar-refractivity contribution < 1.29 is 23.4 Å². The summed E-state index contributed by atoms with van der Waals surface area (Å²) in [5.41, 5.74) is 1.45. The van der Waals surface area contributed by atoms with Crippen LogP contribution in [0.15, 0.2) is 53.9 Å². The van der Waals surface area contributed by atoms with Crippen LogP contribution in [0.25, 0.3) is 16.9 Å². The minimum Gasteiger partial charge on any atom is -0.434 e. The molecule has 33 heavy (non-hydrogen) atoms. The first-order chi connectivity index (χ1) is 15.8. The van der Waals surface area contributed by atoms with Crippen molar-refractivity contribution >= 4 is 29.0 Å². The fourth-order valence-corrected chi connectivity index (χ4v) is 3.95. The molecule has 0 aliphatic carbocycles. The van der Waals surface area contributed by atoms with E-state index in [1.165, 1.54) is 33.2 Å². The molecule has 0 radical (unpaired) electrons. The number of fused-ring (bicyclic) bond motifs is 1. The van der Waals surface area contributed by atoms with Crippen LogP contribution in [0.1, 0.15) is 17.3 Å². The lowest BCUT2D eigenvalue weighted by Gasteiger charge is -2.13. The van der Waals surface area contributed by atoms with Crippen LogP contribution in [0.2, 0.25) is 0 Å². The zero-order valence-corrected chi connectivity index (χ0v) is 18.5. The maximum absolute atomic E-state index is 13.0. The van der Waals surface area contributed by atoms with Gasteiger partial charge in [0, 0.05) is 41.8 Å². The van der Waals surface area contributed by atoms with Crippen molar-refractivity contribution in [3.63, 3.8) is 0 Å². The number of aliphatic hydroxyl groups is 1. The van der Waals surface area contributed by atoms with Crippen molar-refractivity contribution in [1.82, 2.24) is 24.4 Å². The van der Waals surface area contributed by atoms with Gasteiger partial charge in [0.2, 0.25) is 0 Å². The average molecular weight is 474 g/mol. The van der Waals surface area contributed by atoms with E-state index < -0.39 is 18.6 Å². The van der Waals surface area contributed by atoms with Gasteiger partial charge in [-0.3, -0.25) is 9.48 Å². The first-order valence-electron chi connectivity index (χ1n) is 9.85. The summed E-state index contributed by atoms with van der Waals surface area (Å²) in [6.07, 6.45) is 5.63. The van der Waals surface area contributed by atoms with Gasteiger partial charge in [-0.05, 0) is 31.2 Å². The molecule has 0 aliphatic rings. The molecule has 0 saturated heterocycles. The molecule has 9 nitrogen and oxygen atoms in total. The molecule has 172 valence electrons. The molecule has 1 aromatic carbocycles. The molecule has 0 spiro atoms. The van der Waals surface area contributed by atoms with Gasteiger partial charge in [-0.2, -0.15) is 19.0 Å². The summed E-state index contributed by atoms with van der Waals surface area (Å²) < 4.78 is 33.7. The third kappa shape index (κ3) is 5.12. The van der Waals surface area contributed by atoms with Crippen molar-refractivity contribution in [2.45, 2.75) is 24.5 Å². The number of rotatable bonds is 8. The van der Waals surface area contributed by atoms with E-state index >= 15 is 0 Å². The number of thioether (sulfide) groups is 1. The molecule has 1 amide bonds. The van der Waals surface area contributed by atoms with Gasteiger partial charge in [0.05, 0.1) is 18.0 Å². The van der Waals surface area contributed by atoms with E-state index in [1.807, 2.05) is 0 Å². The second-order valence-electron chi connectivity index (χ2n) is 7.16. The van der Waals surface area contributed by atoms with E-state index in [0.29, 0.717) is 17.1 Å². The zero-order valence-electron chi connectivity index (χ0n) is 17.6. The molecule has 0 fully saturated rings. The Morgan fingerprint density at radius 1 is 1.36 bits per heavy atom. The van der Waals surface area contributed by atoms with Gasteiger partial charge in [-0.25, -0.2) is 9.50 Å². The van der Waals surface area contributed by atoms with Gasteiger partial charge in [0.25, 0.3) is 5.91 Å². The number of nitrogens with zero attached hydrogens (tertiary/aromatic N) is 5. The van der Waals surface area contributed by atoms with Crippen LogP contribution in [0.3, 0.4) is 0 Å². The topological polar surface area (TPSA) is 107 Å². The normalized spacial score (nSPS) is 12.3. The number of benzene rings is 1. The Hall–Kier alpha value is -3.51. The lowest BCUT2D eigenvalue weighted by Crippen LogP contribution is -2.12. The number of aromatic nitrogens is 5. The van der Waals surface area contributed by atoms with Crippen LogP contribution >= 0.6 is 11.8 Å². The average Bonchev–Trinajstić information content (AvgIpc) is 3.36.